The minimum atomic E-state index is -0.521. The minimum absolute atomic E-state index is 0. The second-order valence-electron chi connectivity index (χ2n) is 3.68. The number of halogens is 3. The maximum Gasteiger partial charge on any atom is 0.254 e. The molecule has 0 aliphatic carbocycles. The van der Waals surface area contributed by atoms with Crippen LogP contribution in [0.4, 0.5) is 10.1 Å². The van der Waals surface area contributed by atoms with Gasteiger partial charge in [-0.15, -0.1) is 12.4 Å². The predicted molar refractivity (Wildman–Crippen MR) is 69.9 cm³/mol. The van der Waals surface area contributed by atoms with E-state index >= 15 is 0 Å². The van der Waals surface area contributed by atoms with E-state index in [1.165, 1.54) is 18.2 Å². The number of amides is 1. The molecule has 0 saturated carbocycles. The lowest BCUT2D eigenvalue weighted by Crippen LogP contribution is -2.45. The van der Waals surface area contributed by atoms with Crippen molar-refractivity contribution in [2.45, 2.75) is 6.10 Å². The lowest BCUT2D eigenvalue weighted by molar-refractivity contribution is -0.128. The van der Waals surface area contributed by atoms with E-state index in [0.717, 1.165) is 6.54 Å². The summed E-state index contributed by atoms with van der Waals surface area (Å²) >= 11 is 5.61. The van der Waals surface area contributed by atoms with Gasteiger partial charge in [-0.2, -0.15) is 0 Å². The Morgan fingerprint density at radius 2 is 2.33 bits per heavy atom. The lowest BCUT2D eigenvalue weighted by atomic mass is 10.2. The van der Waals surface area contributed by atoms with Gasteiger partial charge in [-0.05, 0) is 18.2 Å². The normalized spacial score (nSPS) is 18.9. The fourth-order valence-corrected chi connectivity index (χ4v) is 1.71. The number of nitrogens with one attached hydrogen (secondary N) is 2. The van der Waals surface area contributed by atoms with E-state index in [9.17, 15) is 9.18 Å². The van der Waals surface area contributed by atoms with E-state index in [1.54, 1.807) is 0 Å². The lowest BCUT2D eigenvalue weighted by Gasteiger charge is -2.22. The topological polar surface area (TPSA) is 50.4 Å². The standard InChI is InChI=1S/C11H12ClFN2O2.ClH/c12-8-5-7(1-2-9(8)13)15-11(16)10-6-14-3-4-17-10;/h1-2,5,10,14H,3-4,6H2,(H,15,16);1H. The molecule has 1 aliphatic rings. The second-order valence-corrected chi connectivity index (χ2v) is 4.09. The van der Waals surface area contributed by atoms with Gasteiger partial charge in [0.05, 0.1) is 11.6 Å². The Hall–Kier alpha value is -0.880. The molecule has 1 atom stereocenters. The molecule has 1 saturated heterocycles. The number of rotatable bonds is 2. The molecule has 1 amide bonds. The Morgan fingerprint density at radius 3 is 2.94 bits per heavy atom. The third-order valence-corrected chi connectivity index (χ3v) is 2.70. The minimum Gasteiger partial charge on any atom is -0.366 e. The first-order chi connectivity index (χ1) is 8.16. The highest BCUT2D eigenvalue weighted by molar-refractivity contribution is 6.31. The quantitative estimate of drug-likeness (QED) is 0.875. The van der Waals surface area contributed by atoms with Crippen LogP contribution in [-0.4, -0.2) is 31.7 Å². The van der Waals surface area contributed by atoms with E-state index < -0.39 is 11.9 Å². The van der Waals surface area contributed by atoms with Gasteiger partial charge in [0, 0.05) is 18.8 Å². The number of carbonyl (C=O) groups is 1. The summed E-state index contributed by atoms with van der Waals surface area (Å²) in [4.78, 5) is 11.8. The molecule has 1 heterocycles. The molecule has 1 aromatic carbocycles. The van der Waals surface area contributed by atoms with Crippen molar-refractivity contribution < 1.29 is 13.9 Å². The zero-order valence-corrected chi connectivity index (χ0v) is 11.0. The molecule has 0 bridgehead atoms. The van der Waals surface area contributed by atoms with Crippen LogP contribution in [-0.2, 0) is 9.53 Å². The van der Waals surface area contributed by atoms with Crippen molar-refractivity contribution in [1.29, 1.82) is 0 Å². The van der Waals surface area contributed by atoms with Gasteiger partial charge < -0.3 is 15.4 Å². The molecular weight excluding hydrogens is 282 g/mol. The molecule has 0 aromatic heterocycles. The Balaban J connectivity index is 0.00000162. The summed E-state index contributed by atoms with van der Waals surface area (Å²) in [5.74, 6) is -0.778. The van der Waals surface area contributed by atoms with Crippen LogP contribution in [0.5, 0.6) is 0 Å². The van der Waals surface area contributed by atoms with Crippen LogP contribution in [0.15, 0.2) is 18.2 Å². The monoisotopic (exact) mass is 294 g/mol. The van der Waals surface area contributed by atoms with Gasteiger partial charge in [-0.1, -0.05) is 11.6 Å². The largest absolute Gasteiger partial charge is 0.366 e. The highest BCUT2D eigenvalue weighted by atomic mass is 35.5. The average Bonchev–Trinajstić information content (AvgIpc) is 2.35. The number of morpholine rings is 1. The summed E-state index contributed by atoms with van der Waals surface area (Å²) in [6.45, 7) is 1.72. The van der Waals surface area contributed by atoms with Crippen LogP contribution in [0.2, 0.25) is 5.02 Å². The van der Waals surface area contributed by atoms with Crippen molar-refractivity contribution in [2.75, 3.05) is 25.0 Å². The highest BCUT2D eigenvalue weighted by Gasteiger charge is 2.21. The number of ether oxygens (including phenoxy) is 1. The van der Waals surface area contributed by atoms with Crippen LogP contribution in [0.25, 0.3) is 0 Å². The summed E-state index contributed by atoms with van der Waals surface area (Å²) in [5.41, 5.74) is 0.454. The number of hydrogen-bond acceptors (Lipinski definition) is 3. The summed E-state index contributed by atoms with van der Waals surface area (Å²) < 4.78 is 18.2. The Kier molecular flexibility index (Phi) is 5.81. The molecule has 1 unspecified atom stereocenters. The number of benzene rings is 1. The van der Waals surface area contributed by atoms with Crippen LogP contribution >= 0.6 is 24.0 Å². The van der Waals surface area contributed by atoms with E-state index in [0.29, 0.717) is 18.8 Å². The van der Waals surface area contributed by atoms with Gasteiger partial charge in [0.2, 0.25) is 0 Å². The van der Waals surface area contributed by atoms with E-state index in [2.05, 4.69) is 10.6 Å². The fraction of sp³-hybridized carbons (Fsp3) is 0.364. The maximum absolute atomic E-state index is 12.9. The third-order valence-electron chi connectivity index (χ3n) is 2.41. The van der Waals surface area contributed by atoms with Crippen molar-refractivity contribution in [3.8, 4) is 0 Å². The van der Waals surface area contributed by atoms with Gasteiger partial charge >= 0.3 is 0 Å². The van der Waals surface area contributed by atoms with Crippen LogP contribution < -0.4 is 10.6 Å². The molecule has 0 spiro atoms. The smallest absolute Gasteiger partial charge is 0.254 e. The van der Waals surface area contributed by atoms with Gasteiger partial charge in [-0.25, -0.2) is 4.39 Å². The van der Waals surface area contributed by atoms with Crippen molar-refractivity contribution in [1.82, 2.24) is 5.32 Å². The first-order valence-corrected chi connectivity index (χ1v) is 5.63. The molecule has 2 N–H and O–H groups in total. The number of carbonyl (C=O) groups excluding carboxylic acids is 1. The van der Waals surface area contributed by atoms with Crippen molar-refractivity contribution in [3.63, 3.8) is 0 Å². The van der Waals surface area contributed by atoms with Gasteiger partial charge in [0.25, 0.3) is 5.91 Å². The zero-order valence-electron chi connectivity index (χ0n) is 9.41. The van der Waals surface area contributed by atoms with Crippen molar-refractivity contribution in [2.24, 2.45) is 0 Å². The zero-order chi connectivity index (χ0) is 12.3. The average molecular weight is 295 g/mol. The van der Waals surface area contributed by atoms with E-state index in [-0.39, 0.29) is 23.3 Å². The van der Waals surface area contributed by atoms with Crippen molar-refractivity contribution >= 4 is 35.6 Å². The maximum atomic E-state index is 12.9. The highest BCUT2D eigenvalue weighted by Crippen LogP contribution is 2.19. The molecule has 1 aliphatic heterocycles. The van der Waals surface area contributed by atoms with Crippen LogP contribution in [0.3, 0.4) is 0 Å². The molecule has 2 rings (SSSR count). The Labute approximate surface area is 115 Å². The van der Waals surface area contributed by atoms with E-state index in [1.807, 2.05) is 0 Å². The molecule has 7 heteroatoms. The number of anilines is 1. The summed E-state index contributed by atoms with van der Waals surface area (Å²) in [5, 5.41) is 5.65. The van der Waals surface area contributed by atoms with Crippen molar-refractivity contribution in [3.05, 3.63) is 29.0 Å². The summed E-state index contributed by atoms with van der Waals surface area (Å²) in [6.07, 6.45) is -0.521. The summed E-state index contributed by atoms with van der Waals surface area (Å²) in [7, 11) is 0. The molecule has 1 aromatic rings. The summed E-state index contributed by atoms with van der Waals surface area (Å²) in [6, 6.07) is 4.03. The molecule has 18 heavy (non-hydrogen) atoms. The molecule has 0 radical (unpaired) electrons. The van der Waals surface area contributed by atoms with Gasteiger partial charge in [-0.3, -0.25) is 4.79 Å². The molecular formula is C11H13Cl2FN2O2. The predicted octanol–water partition coefficient (Wildman–Crippen LogP) is 1.83. The second kappa shape index (κ2) is 6.89. The number of hydrogen-bond donors (Lipinski definition) is 2. The Morgan fingerprint density at radius 1 is 1.56 bits per heavy atom. The Bertz CT molecular complexity index is 426. The van der Waals surface area contributed by atoms with Gasteiger partial charge in [0.1, 0.15) is 11.9 Å². The molecule has 1 fully saturated rings. The van der Waals surface area contributed by atoms with Gasteiger partial charge in [0.15, 0.2) is 0 Å². The first kappa shape index (κ1) is 15.2. The van der Waals surface area contributed by atoms with E-state index in [4.69, 9.17) is 16.3 Å². The van der Waals surface area contributed by atoms with Crippen LogP contribution in [0.1, 0.15) is 0 Å². The molecule has 4 nitrogen and oxygen atoms in total. The first-order valence-electron chi connectivity index (χ1n) is 5.25. The fourth-order valence-electron chi connectivity index (χ4n) is 1.53. The third kappa shape index (κ3) is 3.81. The SMILES string of the molecule is Cl.O=C(Nc1ccc(F)c(Cl)c1)C1CNCCO1. The molecule has 100 valence electrons. The van der Waals surface area contributed by atoms with Crippen LogP contribution in [0, 0.1) is 5.82 Å².